The first kappa shape index (κ1) is 13.1. The number of hydrogen-bond acceptors (Lipinski definition) is 5. The highest BCUT2D eigenvalue weighted by Gasteiger charge is 2.38. The van der Waals surface area contributed by atoms with E-state index >= 15 is 0 Å². The van der Waals surface area contributed by atoms with Gasteiger partial charge >= 0.3 is 0 Å². The van der Waals surface area contributed by atoms with Gasteiger partial charge in [0.25, 0.3) is 0 Å². The molecule has 96 valence electrons. The van der Waals surface area contributed by atoms with Crippen molar-refractivity contribution in [2.24, 2.45) is 0 Å². The molecule has 1 aliphatic heterocycles. The molecule has 2 rings (SSSR count). The van der Waals surface area contributed by atoms with Crippen LogP contribution in [0, 0.1) is 11.3 Å². The maximum absolute atomic E-state index is 12.2. The molecular formula is C11H13N3O3S. The van der Waals surface area contributed by atoms with E-state index < -0.39 is 16.6 Å². The van der Waals surface area contributed by atoms with Gasteiger partial charge < -0.3 is 10.2 Å². The lowest BCUT2D eigenvalue weighted by Gasteiger charge is -2.19. The predicted octanol–water partition coefficient (Wildman–Crippen LogP) is -0.595. The van der Waals surface area contributed by atoms with Gasteiger partial charge in [-0.1, -0.05) is 0 Å². The molecule has 1 fully saturated rings. The number of pyridine rings is 1. The van der Waals surface area contributed by atoms with Gasteiger partial charge in [-0.15, -0.1) is 0 Å². The van der Waals surface area contributed by atoms with Gasteiger partial charge in [0, 0.05) is 19.3 Å². The third kappa shape index (κ3) is 2.57. The van der Waals surface area contributed by atoms with Gasteiger partial charge in [-0.2, -0.15) is 5.26 Å². The Bertz CT molecular complexity index is 499. The summed E-state index contributed by atoms with van der Waals surface area (Å²) in [4.78, 5) is 4.34. The Balaban J connectivity index is 2.11. The molecule has 0 saturated carbocycles. The van der Waals surface area contributed by atoms with Crippen LogP contribution >= 0.6 is 0 Å². The molecular weight excluding hydrogens is 254 g/mol. The Morgan fingerprint density at radius 1 is 1.61 bits per heavy atom. The minimum absolute atomic E-state index is 0.163. The van der Waals surface area contributed by atoms with Crippen LogP contribution in [0.15, 0.2) is 23.2 Å². The summed E-state index contributed by atoms with van der Waals surface area (Å²) in [7, 11) is -1.43. The molecule has 7 heteroatoms. The number of hydrogen-bond donors (Lipinski definition) is 2. The van der Waals surface area contributed by atoms with Crippen molar-refractivity contribution in [2.45, 2.75) is 16.9 Å². The fraction of sp³-hybridized carbons (Fsp3) is 0.455. The standard InChI is InChI=1S/C11H13N3O3S/c12-5-9-1-2-10(6-13-9)18(17)14-4-3-11(16,7-14)8-15/h1-2,6,15-16H,3-4,7-8H2. The average Bonchev–Trinajstić information content (AvgIpc) is 2.81. The number of nitrogens with zero attached hydrogens (tertiary/aromatic N) is 3. The Hall–Kier alpha value is -1.33. The summed E-state index contributed by atoms with van der Waals surface area (Å²) < 4.78 is 13.8. The van der Waals surface area contributed by atoms with Crippen molar-refractivity contribution >= 4 is 11.0 Å². The molecule has 2 heterocycles. The molecule has 0 spiro atoms. The van der Waals surface area contributed by atoms with E-state index in [0.29, 0.717) is 17.9 Å². The summed E-state index contributed by atoms with van der Waals surface area (Å²) in [5.74, 6) is 0. The first-order valence-electron chi connectivity index (χ1n) is 5.44. The van der Waals surface area contributed by atoms with Crippen LogP contribution in [0.4, 0.5) is 0 Å². The third-order valence-corrected chi connectivity index (χ3v) is 4.30. The van der Waals surface area contributed by atoms with Crippen LogP contribution in [0.1, 0.15) is 12.1 Å². The summed E-state index contributed by atoms with van der Waals surface area (Å²) in [5, 5.41) is 27.5. The van der Waals surface area contributed by atoms with Crippen LogP contribution in [0.25, 0.3) is 0 Å². The lowest BCUT2D eigenvalue weighted by atomic mass is 10.1. The van der Waals surface area contributed by atoms with Gasteiger partial charge in [-0.05, 0) is 18.6 Å². The molecule has 0 bridgehead atoms. The molecule has 6 nitrogen and oxygen atoms in total. The topological polar surface area (TPSA) is 97.5 Å². The van der Waals surface area contributed by atoms with Crippen molar-refractivity contribution < 1.29 is 14.4 Å². The van der Waals surface area contributed by atoms with Crippen molar-refractivity contribution in [2.75, 3.05) is 19.7 Å². The van der Waals surface area contributed by atoms with Gasteiger partial charge in [0.15, 0.2) is 0 Å². The van der Waals surface area contributed by atoms with E-state index in [-0.39, 0.29) is 18.8 Å². The molecule has 1 aromatic heterocycles. The lowest BCUT2D eigenvalue weighted by molar-refractivity contribution is -0.000503. The van der Waals surface area contributed by atoms with E-state index in [1.54, 1.807) is 10.4 Å². The number of aliphatic hydroxyl groups is 2. The van der Waals surface area contributed by atoms with E-state index in [9.17, 15) is 9.32 Å². The second-order valence-electron chi connectivity index (χ2n) is 4.24. The van der Waals surface area contributed by atoms with Crippen molar-refractivity contribution in [1.82, 2.24) is 9.29 Å². The molecule has 1 saturated heterocycles. The fourth-order valence-electron chi connectivity index (χ4n) is 1.79. The smallest absolute Gasteiger partial charge is 0.140 e. The first-order chi connectivity index (χ1) is 8.58. The second-order valence-corrected chi connectivity index (χ2v) is 5.72. The Morgan fingerprint density at radius 2 is 2.39 bits per heavy atom. The predicted molar refractivity (Wildman–Crippen MR) is 63.6 cm³/mol. The molecule has 2 unspecified atom stereocenters. The van der Waals surface area contributed by atoms with Crippen LogP contribution < -0.4 is 0 Å². The molecule has 1 aliphatic rings. The molecule has 1 aromatic rings. The van der Waals surface area contributed by atoms with Crippen LogP contribution in [-0.2, 0) is 11.0 Å². The quantitative estimate of drug-likeness (QED) is 0.762. The highest BCUT2D eigenvalue weighted by Crippen LogP contribution is 2.24. The van der Waals surface area contributed by atoms with Crippen LogP contribution in [0.2, 0.25) is 0 Å². The number of rotatable bonds is 3. The van der Waals surface area contributed by atoms with Crippen LogP contribution in [0.3, 0.4) is 0 Å². The normalized spacial score (nSPS) is 25.8. The second kappa shape index (κ2) is 5.12. The maximum atomic E-state index is 12.2. The highest BCUT2D eigenvalue weighted by molar-refractivity contribution is 7.82. The number of aliphatic hydroxyl groups excluding tert-OH is 1. The number of β-amino-alcohol motifs (C(OH)–C–C–N with tert-alkyl or cyclic N) is 1. The van der Waals surface area contributed by atoms with Gasteiger partial charge in [0.1, 0.15) is 28.3 Å². The summed E-state index contributed by atoms with van der Waals surface area (Å²) in [6.45, 7) is 0.270. The summed E-state index contributed by atoms with van der Waals surface area (Å²) in [6.07, 6.45) is 1.78. The molecule has 2 atom stereocenters. The zero-order valence-electron chi connectivity index (χ0n) is 9.61. The minimum Gasteiger partial charge on any atom is -0.393 e. The van der Waals surface area contributed by atoms with E-state index in [0.717, 1.165) is 0 Å². The van der Waals surface area contributed by atoms with Gasteiger partial charge in [-0.25, -0.2) is 13.5 Å². The summed E-state index contributed by atoms with van der Waals surface area (Å²) in [6, 6.07) is 4.97. The summed E-state index contributed by atoms with van der Waals surface area (Å²) in [5.41, 5.74) is -0.903. The third-order valence-electron chi connectivity index (χ3n) is 2.88. The van der Waals surface area contributed by atoms with E-state index in [1.165, 1.54) is 12.3 Å². The summed E-state index contributed by atoms with van der Waals surface area (Å²) >= 11 is 0. The Kier molecular flexibility index (Phi) is 3.73. The lowest BCUT2D eigenvalue weighted by Crippen LogP contribution is -2.37. The largest absolute Gasteiger partial charge is 0.393 e. The minimum atomic E-state index is -1.43. The molecule has 18 heavy (non-hydrogen) atoms. The van der Waals surface area contributed by atoms with Crippen LogP contribution in [0.5, 0.6) is 0 Å². The van der Waals surface area contributed by atoms with Gasteiger partial charge in [0.05, 0.1) is 11.5 Å². The van der Waals surface area contributed by atoms with Crippen molar-refractivity contribution in [3.63, 3.8) is 0 Å². The molecule has 2 N–H and O–H groups in total. The number of aromatic nitrogens is 1. The van der Waals surface area contributed by atoms with E-state index in [1.807, 2.05) is 6.07 Å². The van der Waals surface area contributed by atoms with Crippen molar-refractivity contribution in [1.29, 1.82) is 5.26 Å². The molecule has 0 radical (unpaired) electrons. The molecule has 0 aliphatic carbocycles. The molecule has 0 amide bonds. The first-order valence-corrected chi connectivity index (χ1v) is 6.55. The Labute approximate surface area is 107 Å². The van der Waals surface area contributed by atoms with Gasteiger partial charge in [0.2, 0.25) is 0 Å². The van der Waals surface area contributed by atoms with E-state index in [4.69, 9.17) is 10.4 Å². The average molecular weight is 267 g/mol. The Morgan fingerprint density at radius 3 is 2.89 bits per heavy atom. The number of nitriles is 1. The zero-order valence-corrected chi connectivity index (χ0v) is 10.4. The molecule has 0 aromatic carbocycles. The fourth-order valence-corrected chi connectivity index (χ4v) is 3.03. The maximum Gasteiger partial charge on any atom is 0.140 e. The highest BCUT2D eigenvalue weighted by atomic mass is 32.2. The zero-order chi connectivity index (χ0) is 13.2. The van der Waals surface area contributed by atoms with Crippen molar-refractivity contribution in [3.05, 3.63) is 24.0 Å². The monoisotopic (exact) mass is 267 g/mol. The van der Waals surface area contributed by atoms with Gasteiger partial charge in [-0.3, -0.25) is 0 Å². The van der Waals surface area contributed by atoms with Crippen LogP contribution in [-0.4, -0.2) is 49.0 Å². The van der Waals surface area contributed by atoms with Crippen molar-refractivity contribution in [3.8, 4) is 6.07 Å². The SMILES string of the molecule is N#Cc1ccc(S(=O)N2CCC(O)(CO)C2)cn1. The van der Waals surface area contributed by atoms with E-state index in [2.05, 4.69) is 4.98 Å².